The molecule has 0 saturated carbocycles. The van der Waals surface area contributed by atoms with Crippen molar-refractivity contribution in [2.24, 2.45) is 5.41 Å². The smallest absolute Gasteiger partial charge is 0.0704 e. The molecule has 0 fully saturated rings. The van der Waals surface area contributed by atoms with Crippen LogP contribution in [0.2, 0.25) is 0 Å². The van der Waals surface area contributed by atoms with Crippen LogP contribution in [0.1, 0.15) is 39.2 Å². The number of para-hydroxylation sites is 1. The van der Waals surface area contributed by atoms with Crippen LogP contribution in [0.5, 0.6) is 0 Å². The van der Waals surface area contributed by atoms with Gasteiger partial charge in [0.05, 0.1) is 5.52 Å². The van der Waals surface area contributed by atoms with E-state index in [9.17, 15) is 0 Å². The Bertz CT molecular complexity index is 537. The fourth-order valence-electron chi connectivity index (χ4n) is 2.26. The van der Waals surface area contributed by atoms with Gasteiger partial charge >= 0.3 is 0 Å². The second-order valence-corrected chi connectivity index (χ2v) is 7.01. The zero-order chi connectivity index (χ0) is 13.9. The molecular weight excluding hydrogens is 254 g/mol. The van der Waals surface area contributed by atoms with Crippen LogP contribution in [0.25, 0.3) is 10.9 Å². The average Bonchev–Trinajstić information content (AvgIpc) is 2.36. The van der Waals surface area contributed by atoms with Crippen molar-refractivity contribution in [3.63, 3.8) is 0 Å². The third-order valence-corrected chi connectivity index (χ3v) is 3.76. The topological polar surface area (TPSA) is 12.9 Å². The van der Waals surface area contributed by atoms with Gasteiger partial charge in [-0.05, 0) is 42.4 Å². The van der Waals surface area contributed by atoms with Crippen LogP contribution in [0, 0.1) is 5.41 Å². The first-order valence-corrected chi connectivity index (χ1v) is 7.36. The molecule has 1 aromatic heterocycles. The molecule has 0 aliphatic carbocycles. The molecule has 0 N–H and O–H groups in total. The predicted molar refractivity (Wildman–Crippen MR) is 83.8 cm³/mol. The lowest BCUT2D eigenvalue weighted by atomic mass is 9.89. The minimum absolute atomic E-state index is 0.199. The van der Waals surface area contributed by atoms with E-state index in [1.54, 1.807) is 0 Å². The maximum atomic E-state index is 6.50. The van der Waals surface area contributed by atoms with Crippen molar-refractivity contribution in [1.29, 1.82) is 0 Å². The third kappa shape index (κ3) is 4.21. The fraction of sp³-hybridized carbons (Fsp3) is 0.471. The van der Waals surface area contributed by atoms with E-state index in [1.165, 1.54) is 10.9 Å². The Morgan fingerprint density at radius 2 is 1.89 bits per heavy atom. The van der Waals surface area contributed by atoms with Gasteiger partial charge in [0, 0.05) is 17.0 Å². The highest BCUT2D eigenvalue weighted by Gasteiger charge is 2.15. The van der Waals surface area contributed by atoms with E-state index in [-0.39, 0.29) is 5.38 Å². The van der Waals surface area contributed by atoms with Crippen molar-refractivity contribution in [2.75, 3.05) is 0 Å². The number of alkyl halides is 1. The van der Waals surface area contributed by atoms with Crippen molar-refractivity contribution >= 4 is 22.5 Å². The van der Waals surface area contributed by atoms with Gasteiger partial charge in [-0.3, -0.25) is 4.98 Å². The first-order chi connectivity index (χ1) is 8.96. The summed E-state index contributed by atoms with van der Waals surface area (Å²) < 4.78 is 0. The molecule has 0 radical (unpaired) electrons. The zero-order valence-electron chi connectivity index (χ0n) is 12.0. The largest absolute Gasteiger partial charge is 0.256 e. The van der Waals surface area contributed by atoms with Crippen LogP contribution in [0.4, 0.5) is 0 Å². The Labute approximate surface area is 121 Å². The summed E-state index contributed by atoms with van der Waals surface area (Å²) in [5.74, 6) is 0. The van der Waals surface area contributed by atoms with Gasteiger partial charge in [0.2, 0.25) is 0 Å². The maximum absolute atomic E-state index is 6.50. The number of fused-ring (bicyclic) bond motifs is 1. The molecule has 1 aromatic carbocycles. The molecule has 2 rings (SSSR count). The van der Waals surface area contributed by atoms with E-state index in [2.05, 4.69) is 50.0 Å². The molecule has 0 aliphatic heterocycles. The summed E-state index contributed by atoms with van der Waals surface area (Å²) in [5.41, 5.74) is 2.71. The summed E-state index contributed by atoms with van der Waals surface area (Å²) in [6, 6.07) is 10.4. The first kappa shape index (κ1) is 14.3. The van der Waals surface area contributed by atoms with Crippen molar-refractivity contribution in [3.05, 3.63) is 42.1 Å². The van der Waals surface area contributed by atoms with Gasteiger partial charge in [0.15, 0.2) is 0 Å². The van der Waals surface area contributed by atoms with Crippen LogP contribution in [-0.2, 0) is 6.42 Å². The SMILES string of the molecule is CC(C)(C)CCC(Cl)Cc1ccnc2ccccc12. The lowest BCUT2D eigenvalue weighted by Crippen LogP contribution is -2.11. The van der Waals surface area contributed by atoms with E-state index in [1.807, 2.05) is 12.3 Å². The normalized spacial score (nSPS) is 13.7. The highest BCUT2D eigenvalue weighted by Crippen LogP contribution is 2.26. The fourth-order valence-corrected chi connectivity index (χ4v) is 2.54. The second-order valence-electron chi connectivity index (χ2n) is 6.39. The first-order valence-electron chi connectivity index (χ1n) is 6.92. The van der Waals surface area contributed by atoms with Crippen molar-refractivity contribution in [3.8, 4) is 0 Å². The Balaban J connectivity index is 2.09. The standard InChI is InChI=1S/C17H22ClN/c1-17(2,3)10-8-14(18)12-13-9-11-19-16-7-5-4-6-15(13)16/h4-7,9,11,14H,8,10,12H2,1-3H3. The zero-order valence-corrected chi connectivity index (χ0v) is 12.7. The number of rotatable bonds is 4. The molecule has 0 spiro atoms. The second kappa shape index (κ2) is 5.92. The van der Waals surface area contributed by atoms with Gasteiger partial charge in [-0.15, -0.1) is 11.6 Å². The van der Waals surface area contributed by atoms with Crippen molar-refractivity contribution in [1.82, 2.24) is 4.98 Å². The van der Waals surface area contributed by atoms with Crippen LogP contribution >= 0.6 is 11.6 Å². The van der Waals surface area contributed by atoms with Gasteiger partial charge in [0.1, 0.15) is 0 Å². The minimum atomic E-state index is 0.199. The molecule has 19 heavy (non-hydrogen) atoms. The molecule has 102 valence electrons. The summed E-state index contributed by atoms with van der Waals surface area (Å²) in [6.45, 7) is 6.79. The van der Waals surface area contributed by atoms with Gasteiger partial charge in [-0.2, -0.15) is 0 Å². The molecule has 1 heterocycles. The number of pyridine rings is 1. The Hall–Kier alpha value is -1.08. The molecule has 1 unspecified atom stereocenters. The van der Waals surface area contributed by atoms with E-state index in [4.69, 9.17) is 11.6 Å². The monoisotopic (exact) mass is 275 g/mol. The average molecular weight is 276 g/mol. The molecule has 1 atom stereocenters. The Morgan fingerprint density at radius 3 is 2.63 bits per heavy atom. The van der Waals surface area contributed by atoms with E-state index in [0.29, 0.717) is 5.41 Å². The number of aromatic nitrogens is 1. The summed E-state index contributed by atoms with van der Waals surface area (Å²) in [5, 5.41) is 1.43. The molecule has 2 heteroatoms. The lowest BCUT2D eigenvalue weighted by Gasteiger charge is -2.20. The molecule has 2 aromatic rings. The number of nitrogens with zero attached hydrogens (tertiary/aromatic N) is 1. The van der Waals surface area contributed by atoms with Crippen LogP contribution in [0.15, 0.2) is 36.5 Å². The Morgan fingerprint density at radius 1 is 1.16 bits per heavy atom. The van der Waals surface area contributed by atoms with Gasteiger partial charge in [-0.25, -0.2) is 0 Å². The van der Waals surface area contributed by atoms with Crippen molar-refractivity contribution in [2.45, 2.75) is 45.4 Å². The lowest BCUT2D eigenvalue weighted by molar-refractivity contribution is 0.362. The summed E-state index contributed by atoms with van der Waals surface area (Å²) >= 11 is 6.50. The van der Waals surface area contributed by atoms with Crippen LogP contribution < -0.4 is 0 Å². The predicted octanol–water partition coefficient (Wildman–Crippen LogP) is 5.21. The van der Waals surface area contributed by atoms with E-state index in [0.717, 1.165) is 24.8 Å². The maximum Gasteiger partial charge on any atom is 0.0704 e. The minimum Gasteiger partial charge on any atom is -0.256 e. The quantitative estimate of drug-likeness (QED) is 0.698. The van der Waals surface area contributed by atoms with Crippen molar-refractivity contribution < 1.29 is 0 Å². The van der Waals surface area contributed by atoms with Crippen LogP contribution in [0.3, 0.4) is 0 Å². The highest BCUT2D eigenvalue weighted by atomic mass is 35.5. The van der Waals surface area contributed by atoms with Gasteiger partial charge < -0.3 is 0 Å². The van der Waals surface area contributed by atoms with Gasteiger partial charge in [-0.1, -0.05) is 39.0 Å². The van der Waals surface area contributed by atoms with Gasteiger partial charge in [0.25, 0.3) is 0 Å². The molecule has 0 saturated heterocycles. The number of benzene rings is 1. The van der Waals surface area contributed by atoms with E-state index >= 15 is 0 Å². The molecular formula is C17H22ClN. The third-order valence-electron chi connectivity index (χ3n) is 3.39. The molecule has 0 amide bonds. The number of hydrogen-bond donors (Lipinski definition) is 0. The van der Waals surface area contributed by atoms with Crippen LogP contribution in [-0.4, -0.2) is 10.4 Å². The Kier molecular flexibility index (Phi) is 4.46. The molecule has 0 bridgehead atoms. The molecule has 0 aliphatic rings. The highest BCUT2D eigenvalue weighted by molar-refractivity contribution is 6.20. The summed E-state index contributed by atoms with van der Waals surface area (Å²) in [4.78, 5) is 4.39. The van der Waals surface area contributed by atoms with E-state index < -0.39 is 0 Å². The number of hydrogen-bond acceptors (Lipinski definition) is 1. The number of halogens is 1. The molecule has 1 nitrogen and oxygen atoms in total. The summed E-state index contributed by atoms with van der Waals surface area (Å²) in [7, 11) is 0. The summed E-state index contributed by atoms with van der Waals surface area (Å²) in [6.07, 6.45) is 5.01.